The molecule has 0 aliphatic carbocycles. The predicted octanol–water partition coefficient (Wildman–Crippen LogP) is 6.29. The van der Waals surface area contributed by atoms with E-state index in [-0.39, 0.29) is 6.04 Å². The van der Waals surface area contributed by atoms with Gasteiger partial charge in [0.1, 0.15) is 0 Å². The van der Waals surface area contributed by atoms with E-state index < -0.39 is 0 Å². The number of likely N-dealkylation sites (N-methyl/N-ethyl adjacent to an activating group) is 1. The fraction of sp³-hybridized carbons (Fsp3) is 0.167. The van der Waals surface area contributed by atoms with E-state index in [1.165, 1.54) is 28.3 Å². The second kappa shape index (κ2) is 7.13. The van der Waals surface area contributed by atoms with Crippen molar-refractivity contribution in [2.75, 3.05) is 11.9 Å². The summed E-state index contributed by atoms with van der Waals surface area (Å²) < 4.78 is 2.30. The lowest BCUT2D eigenvalue weighted by Gasteiger charge is -2.30. The van der Waals surface area contributed by atoms with Crippen molar-refractivity contribution in [3.8, 4) is 5.69 Å². The van der Waals surface area contributed by atoms with Crippen molar-refractivity contribution in [3.63, 3.8) is 0 Å². The number of fused-ring (bicyclic) bond motifs is 1. The molecule has 0 bridgehead atoms. The highest BCUT2D eigenvalue weighted by atomic mass is 35.5. The summed E-state index contributed by atoms with van der Waals surface area (Å²) in [5, 5.41) is 0.772. The second-order valence-electron chi connectivity index (χ2n) is 7.02. The van der Waals surface area contributed by atoms with Crippen LogP contribution in [0.15, 0.2) is 66.7 Å². The summed E-state index contributed by atoms with van der Waals surface area (Å²) in [6.45, 7) is 4.33. The number of hydrogen-bond acceptors (Lipinski definition) is 1. The summed E-state index contributed by atoms with van der Waals surface area (Å²) in [5.41, 5.74) is 7.31. The van der Waals surface area contributed by atoms with E-state index >= 15 is 0 Å². The Morgan fingerprint density at radius 3 is 2.56 bits per heavy atom. The molecule has 4 rings (SSSR count). The van der Waals surface area contributed by atoms with Gasteiger partial charge in [-0.3, -0.25) is 0 Å². The van der Waals surface area contributed by atoms with Gasteiger partial charge in [-0.15, -0.1) is 0 Å². The lowest BCUT2D eigenvalue weighted by atomic mass is 10.0. The van der Waals surface area contributed by atoms with Crippen molar-refractivity contribution in [2.24, 2.45) is 0 Å². The molecular formula is C24H23ClN2. The maximum Gasteiger partial charge on any atom is 0.0660 e. The fourth-order valence-corrected chi connectivity index (χ4v) is 3.98. The molecule has 3 aromatic rings. The summed E-state index contributed by atoms with van der Waals surface area (Å²) in [7, 11) is 2.12. The van der Waals surface area contributed by atoms with Crippen LogP contribution in [0.3, 0.4) is 0 Å². The van der Waals surface area contributed by atoms with Crippen molar-refractivity contribution < 1.29 is 0 Å². The van der Waals surface area contributed by atoms with Gasteiger partial charge < -0.3 is 9.47 Å². The third-order valence-corrected chi connectivity index (χ3v) is 5.48. The largest absolute Gasteiger partial charge is 0.364 e. The lowest BCUT2D eigenvalue weighted by molar-refractivity contribution is 0.889. The highest BCUT2D eigenvalue weighted by molar-refractivity contribution is 6.30. The molecule has 136 valence electrons. The van der Waals surface area contributed by atoms with Crippen molar-refractivity contribution in [3.05, 3.63) is 94.3 Å². The van der Waals surface area contributed by atoms with Crippen molar-refractivity contribution in [1.29, 1.82) is 0 Å². The Morgan fingerprint density at radius 2 is 1.78 bits per heavy atom. The van der Waals surface area contributed by atoms with Crippen LogP contribution < -0.4 is 4.90 Å². The molecule has 2 aromatic carbocycles. The molecule has 0 saturated carbocycles. The zero-order valence-corrected chi connectivity index (χ0v) is 16.6. The number of halogens is 1. The number of rotatable bonds is 3. The summed E-state index contributed by atoms with van der Waals surface area (Å²) in [6.07, 6.45) is 8.86. The zero-order valence-electron chi connectivity index (χ0n) is 15.9. The maximum atomic E-state index is 6.12. The molecule has 2 heterocycles. The number of benzene rings is 2. The van der Waals surface area contributed by atoms with Crippen LogP contribution in [-0.4, -0.2) is 17.7 Å². The van der Waals surface area contributed by atoms with Crippen LogP contribution in [0.4, 0.5) is 5.69 Å². The van der Waals surface area contributed by atoms with Gasteiger partial charge in [0.25, 0.3) is 0 Å². The molecule has 3 heteroatoms. The van der Waals surface area contributed by atoms with Crippen LogP contribution in [0.25, 0.3) is 17.8 Å². The van der Waals surface area contributed by atoms with E-state index in [4.69, 9.17) is 11.6 Å². The van der Waals surface area contributed by atoms with Gasteiger partial charge in [0, 0.05) is 34.8 Å². The van der Waals surface area contributed by atoms with Gasteiger partial charge in [-0.1, -0.05) is 54.1 Å². The van der Waals surface area contributed by atoms with Gasteiger partial charge in [-0.25, -0.2) is 0 Å². The normalized spacial score (nSPS) is 16.1. The van der Waals surface area contributed by atoms with Crippen LogP contribution in [0.1, 0.15) is 22.5 Å². The standard InChI is InChI=1S/C24H23ClN2/c1-17-15-19(18(2)27(17)23-7-5-4-6-8-23)9-12-22-13-10-20-16-21(25)11-14-24(20)26(22)3/h4-16,22H,1-3H3/b12-9+. The Labute approximate surface area is 166 Å². The summed E-state index contributed by atoms with van der Waals surface area (Å²) >= 11 is 6.12. The number of hydrogen-bond donors (Lipinski definition) is 0. The molecule has 27 heavy (non-hydrogen) atoms. The highest BCUT2D eigenvalue weighted by Gasteiger charge is 2.17. The molecule has 1 aliphatic rings. The summed E-state index contributed by atoms with van der Waals surface area (Å²) in [6, 6.07) is 19.0. The van der Waals surface area contributed by atoms with Gasteiger partial charge in [0.05, 0.1) is 6.04 Å². The molecular weight excluding hydrogens is 352 g/mol. The van der Waals surface area contributed by atoms with Gasteiger partial charge in [0.15, 0.2) is 0 Å². The van der Waals surface area contributed by atoms with E-state index in [1.54, 1.807) is 0 Å². The van der Waals surface area contributed by atoms with E-state index in [2.05, 4.69) is 97.1 Å². The van der Waals surface area contributed by atoms with Crippen molar-refractivity contribution >= 4 is 29.4 Å². The van der Waals surface area contributed by atoms with Gasteiger partial charge in [-0.2, -0.15) is 0 Å². The lowest BCUT2D eigenvalue weighted by Crippen LogP contribution is -2.30. The van der Waals surface area contributed by atoms with Crippen LogP contribution >= 0.6 is 11.6 Å². The smallest absolute Gasteiger partial charge is 0.0660 e. The SMILES string of the molecule is Cc1cc(/C=C/C2C=Cc3cc(Cl)ccc3N2C)c(C)n1-c1ccccc1. The zero-order chi connectivity index (χ0) is 19.0. The highest BCUT2D eigenvalue weighted by Crippen LogP contribution is 2.31. The number of aryl methyl sites for hydroxylation is 1. The van der Waals surface area contributed by atoms with Gasteiger partial charge in [0.2, 0.25) is 0 Å². The van der Waals surface area contributed by atoms with Crippen LogP contribution in [0, 0.1) is 13.8 Å². The first-order chi connectivity index (χ1) is 13.0. The Kier molecular flexibility index (Phi) is 4.67. The van der Waals surface area contributed by atoms with E-state index in [1.807, 2.05) is 12.1 Å². The summed E-state index contributed by atoms with van der Waals surface area (Å²) in [4.78, 5) is 2.28. The number of nitrogens with zero attached hydrogens (tertiary/aromatic N) is 2. The number of para-hydroxylation sites is 1. The number of aromatic nitrogens is 1. The molecule has 0 N–H and O–H groups in total. The van der Waals surface area contributed by atoms with Gasteiger partial charge in [-0.05, 0) is 61.4 Å². The number of anilines is 1. The van der Waals surface area contributed by atoms with E-state index in [0.29, 0.717) is 0 Å². The molecule has 0 spiro atoms. The molecule has 0 saturated heterocycles. The van der Waals surface area contributed by atoms with Crippen LogP contribution in [-0.2, 0) is 0 Å². The second-order valence-corrected chi connectivity index (χ2v) is 7.46. The molecule has 1 aromatic heterocycles. The molecule has 1 aliphatic heterocycles. The fourth-order valence-electron chi connectivity index (χ4n) is 3.80. The van der Waals surface area contributed by atoms with E-state index in [0.717, 1.165) is 10.6 Å². The van der Waals surface area contributed by atoms with Gasteiger partial charge >= 0.3 is 0 Å². The summed E-state index contributed by atoms with van der Waals surface area (Å²) in [5.74, 6) is 0. The molecule has 0 radical (unpaired) electrons. The molecule has 1 atom stereocenters. The minimum absolute atomic E-state index is 0.221. The first-order valence-corrected chi connectivity index (χ1v) is 9.55. The topological polar surface area (TPSA) is 8.17 Å². The quantitative estimate of drug-likeness (QED) is 0.522. The van der Waals surface area contributed by atoms with Crippen LogP contribution in [0.5, 0.6) is 0 Å². The average Bonchev–Trinajstić information content (AvgIpc) is 2.95. The minimum Gasteiger partial charge on any atom is -0.364 e. The monoisotopic (exact) mass is 374 g/mol. The molecule has 1 unspecified atom stereocenters. The maximum absolute atomic E-state index is 6.12. The Morgan fingerprint density at radius 1 is 1.00 bits per heavy atom. The van der Waals surface area contributed by atoms with Crippen molar-refractivity contribution in [2.45, 2.75) is 19.9 Å². The first-order valence-electron chi connectivity index (χ1n) is 9.18. The molecule has 2 nitrogen and oxygen atoms in total. The van der Waals surface area contributed by atoms with Crippen molar-refractivity contribution in [1.82, 2.24) is 4.57 Å². The first kappa shape index (κ1) is 17.7. The Bertz CT molecular complexity index is 1030. The molecule has 0 fully saturated rings. The van der Waals surface area contributed by atoms with E-state index in [9.17, 15) is 0 Å². The van der Waals surface area contributed by atoms with Crippen LogP contribution in [0.2, 0.25) is 5.02 Å². The minimum atomic E-state index is 0.221. The molecule has 0 amide bonds. The Hall–Kier alpha value is -2.71. The Balaban J connectivity index is 1.62. The predicted molar refractivity (Wildman–Crippen MR) is 117 cm³/mol. The third kappa shape index (κ3) is 3.33. The average molecular weight is 375 g/mol. The third-order valence-electron chi connectivity index (χ3n) is 5.25.